The van der Waals surface area contributed by atoms with Crippen molar-refractivity contribution in [2.75, 3.05) is 9.62 Å². The van der Waals surface area contributed by atoms with Crippen LogP contribution in [0.3, 0.4) is 0 Å². The second kappa shape index (κ2) is 8.42. The zero-order valence-corrected chi connectivity index (χ0v) is 19.5. The standard InChI is InChI=1S/C25H22N2O6S/c1-25(2,3)24(30)33-16-12-14-17(15-13-16)34(31,32)27-21-11-7-5-9-19(21)22(28)26-20-10-6-4-8-18(20)23(27)29/h4-15H,1-3H3,(H,26,28). The van der Waals surface area contributed by atoms with Gasteiger partial charge in [0.2, 0.25) is 0 Å². The number of para-hydroxylation sites is 2. The summed E-state index contributed by atoms with van der Waals surface area (Å²) in [7, 11) is -4.44. The Bertz CT molecular complexity index is 1410. The molecule has 1 N–H and O–H groups in total. The molecule has 0 unspecified atom stereocenters. The van der Waals surface area contributed by atoms with E-state index in [2.05, 4.69) is 5.32 Å². The Morgan fingerprint density at radius 3 is 2.09 bits per heavy atom. The number of esters is 1. The van der Waals surface area contributed by atoms with Gasteiger partial charge in [0.1, 0.15) is 5.75 Å². The van der Waals surface area contributed by atoms with Crippen molar-refractivity contribution in [3.63, 3.8) is 0 Å². The Labute approximate surface area is 197 Å². The minimum absolute atomic E-state index is 0.0321. The summed E-state index contributed by atoms with van der Waals surface area (Å²) in [6, 6.07) is 17.4. The first-order valence-electron chi connectivity index (χ1n) is 10.4. The van der Waals surface area contributed by atoms with E-state index >= 15 is 0 Å². The monoisotopic (exact) mass is 478 g/mol. The average molecular weight is 479 g/mol. The molecule has 1 aliphatic heterocycles. The van der Waals surface area contributed by atoms with Crippen LogP contribution in [0.4, 0.5) is 11.4 Å². The van der Waals surface area contributed by atoms with Crippen LogP contribution in [0.2, 0.25) is 0 Å². The Kier molecular flexibility index (Phi) is 5.74. The van der Waals surface area contributed by atoms with Gasteiger partial charge in [0.15, 0.2) is 0 Å². The minimum atomic E-state index is -4.44. The lowest BCUT2D eigenvalue weighted by Gasteiger charge is -2.27. The van der Waals surface area contributed by atoms with E-state index in [1.54, 1.807) is 45.0 Å². The number of benzene rings is 3. The molecule has 2 amide bonds. The van der Waals surface area contributed by atoms with Crippen molar-refractivity contribution in [2.45, 2.75) is 25.7 Å². The van der Waals surface area contributed by atoms with Crippen molar-refractivity contribution in [3.8, 4) is 5.75 Å². The normalized spacial score (nSPS) is 13.8. The van der Waals surface area contributed by atoms with E-state index in [-0.39, 0.29) is 33.1 Å². The number of hydrogen-bond donors (Lipinski definition) is 1. The molecule has 1 heterocycles. The molecule has 0 spiro atoms. The molecule has 1 aliphatic rings. The summed E-state index contributed by atoms with van der Waals surface area (Å²) in [5, 5.41) is 2.67. The lowest BCUT2D eigenvalue weighted by Crippen LogP contribution is -2.40. The number of amides is 2. The van der Waals surface area contributed by atoms with Gasteiger partial charge in [-0.15, -0.1) is 0 Å². The predicted octanol–water partition coefficient (Wildman–Crippen LogP) is 4.24. The van der Waals surface area contributed by atoms with Crippen LogP contribution in [-0.4, -0.2) is 26.2 Å². The smallest absolute Gasteiger partial charge is 0.316 e. The number of sulfonamides is 1. The van der Waals surface area contributed by atoms with Crippen LogP contribution in [0.1, 0.15) is 41.5 Å². The number of hydrogen-bond acceptors (Lipinski definition) is 6. The van der Waals surface area contributed by atoms with Gasteiger partial charge in [-0.1, -0.05) is 24.3 Å². The van der Waals surface area contributed by atoms with E-state index in [0.29, 0.717) is 4.31 Å². The Morgan fingerprint density at radius 1 is 0.853 bits per heavy atom. The lowest BCUT2D eigenvalue weighted by molar-refractivity contribution is -0.143. The molecular weight excluding hydrogens is 456 g/mol. The highest BCUT2D eigenvalue weighted by molar-refractivity contribution is 7.93. The molecule has 0 aliphatic carbocycles. The van der Waals surface area contributed by atoms with Crippen molar-refractivity contribution < 1.29 is 27.5 Å². The van der Waals surface area contributed by atoms with Crippen LogP contribution in [0.25, 0.3) is 0 Å². The van der Waals surface area contributed by atoms with Crippen molar-refractivity contribution >= 4 is 39.2 Å². The second-order valence-corrected chi connectivity index (χ2v) is 10.5. The molecule has 0 aromatic heterocycles. The van der Waals surface area contributed by atoms with Gasteiger partial charge in [-0.05, 0) is 69.3 Å². The van der Waals surface area contributed by atoms with Crippen LogP contribution in [0, 0.1) is 5.41 Å². The maximum Gasteiger partial charge on any atom is 0.316 e. The van der Waals surface area contributed by atoms with Crippen LogP contribution < -0.4 is 14.4 Å². The summed E-state index contributed by atoms with van der Waals surface area (Å²) in [6.07, 6.45) is 0. The number of nitrogens with one attached hydrogen (secondary N) is 1. The zero-order valence-electron chi connectivity index (χ0n) is 18.7. The largest absolute Gasteiger partial charge is 0.426 e. The topological polar surface area (TPSA) is 110 Å². The van der Waals surface area contributed by atoms with Crippen LogP contribution >= 0.6 is 0 Å². The molecule has 174 valence electrons. The fourth-order valence-corrected chi connectivity index (χ4v) is 4.74. The quantitative estimate of drug-likeness (QED) is 0.445. The first kappa shape index (κ1) is 23.2. The highest BCUT2D eigenvalue weighted by Gasteiger charge is 2.37. The molecule has 3 aromatic carbocycles. The van der Waals surface area contributed by atoms with E-state index in [9.17, 15) is 22.8 Å². The van der Waals surface area contributed by atoms with Crippen LogP contribution in [0.15, 0.2) is 77.7 Å². The third-order valence-electron chi connectivity index (χ3n) is 5.14. The predicted molar refractivity (Wildman–Crippen MR) is 126 cm³/mol. The fourth-order valence-electron chi connectivity index (χ4n) is 3.31. The van der Waals surface area contributed by atoms with Crippen molar-refractivity contribution in [1.82, 2.24) is 0 Å². The van der Waals surface area contributed by atoms with E-state index in [1.165, 1.54) is 48.5 Å². The molecule has 34 heavy (non-hydrogen) atoms. The number of anilines is 2. The molecule has 0 atom stereocenters. The summed E-state index contributed by atoms with van der Waals surface area (Å²) in [5.74, 6) is -1.66. The number of rotatable bonds is 3. The van der Waals surface area contributed by atoms with Crippen LogP contribution in [0.5, 0.6) is 5.75 Å². The summed E-state index contributed by atoms with van der Waals surface area (Å²) in [5.41, 5.74) is -0.534. The molecule has 9 heteroatoms. The highest BCUT2D eigenvalue weighted by Crippen LogP contribution is 2.34. The summed E-state index contributed by atoms with van der Waals surface area (Å²) in [4.78, 5) is 38.3. The van der Waals surface area contributed by atoms with E-state index in [0.717, 1.165) is 0 Å². The fraction of sp³-hybridized carbons (Fsp3) is 0.160. The third-order valence-corrected chi connectivity index (χ3v) is 6.85. The molecule has 0 bridgehead atoms. The second-order valence-electron chi connectivity index (χ2n) is 8.70. The van der Waals surface area contributed by atoms with Gasteiger partial charge in [-0.3, -0.25) is 14.4 Å². The molecule has 4 rings (SSSR count). The van der Waals surface area contributed by atoms with Crippen molar-refractivity contribution in [2.24, 2.45) is 5.41 Å². The Balaban J connectivity index is 1.81. The summed E-state index contributed by atoms with van der Waals surface area (Å²) < 4.78 is 33.3. The average Bonchev–Trinajstić information content (AvgIpc) is 2.78. The SMILES string of the molecule is CC(C)(C)C(=O)Oc1ccc(S(=O)(=O)N2C(=O)c3ccccc3NC(=O)c3ccccc32)cc1. The van der Waals surface area contributed by atoms with Gasteiger partial charge in [0, 0.05) is 0 Å². The maximum absolute atomic E-state index is 13.7. The summed E-state index contributed by atoms with van der Waals surface area (Å²) in [6.45, 7) is 5.10. The molecular formula is C25H22N2O6S. The van der Waals surface area contributed by atoms with Gasteiger partial charge in [-0.2, -0.15) is 4.31 Å². The summed E-state index contributed by atoms with van der Waals surface area (Å²) >= 11 is 0. The zero-order chi connectivity index (χ0) is 24.7. The molecule has 0 saturated heterocycles. The lowest BCUT2D eigenvalue weighted by atomic mass is 9.97. The number of ether oxygens (including phenoxy) is 1. The van der Waals surface area contributed by atoms with E-state index in [1.807, 2.05) is 0 Å². The molecule has 3 aromatic rings. The van der Waals surface area contributed by atoms with Gasteiger partial charge in [0.25, 0.3) is 21.8 Å². The van der Waals surface area contributed by atoms with E-state index in [4.69, 9.17) is 4.74 Å². The minimum Gasteiger partial charge on any atom is -0.426 e. The van der Waals surface area contributed by atoms with Gasteiger partial charge < -0.3 is 10.1 Å². The van der Waals surface area contributed by atoms with Gasteiger partial charge in [0.05, 0.1) is 32.8 Å². The maximum atomic E-state index is 13.7. The highest BCUT2D eigenvalue weighted by atomic mass is 32.2. The molecule has 8 nitrogen and oxygen atoms in total. The number of fused-ring (bicyclic) bond motifs is 2. The third kappa shape index (κ3) is 4.17. The molecule has 0 radical (unpaired) electrons. The van der Waals surface area contributed by atoms with Gasteiger partial charge in [-0.25, -0.2) is 8.42 Å². The van der Waals surface area contributed by atoms with Crippen LogP contribution in [-0.2, 0) is 14.8 Å². The first-order chi connectivity index (χ1) is 16.0. The Hall–Kier alpha value is -3.98. The van der Waals surface area contributed by atoms with Crippen molar-refractivity contribution in [1.29, 1.82) is 0 Å². The Morgan fingerprint density at radius 2 is 1.44 bits per heavy atom. The van der Waals surface area contributed by atoms with E-state index < -0.39 is 33.2 Å². The van der Waals surface area contributed by atoms with Gasteiger partial charge >= 0.3 is 5.97 Å². The molecule has 0 saturated carbocycles. The number of carbonyl (C=O) groups is 3. The first-order valence-corrected chi connectivity index (χ1v) is 11.9. The number of nitrogens with zero attached hydrogens (tertiary/aromatic N) is 1. The number of carbonyl (C=O) groups excluding carboxylic acids is 3. The molecule has 0 fully saturated rings. The van der Waals surface area contributed by atoms with Crippen molar-refractivity contribution in [3.05, 3.63) is 83.9 Å².